The number of aromatic nitrogens is 4. The number of nitrogens with one attached hydrogen (secondary N) is 1. The van der Waals surface area contributed by atoms with E-state index in [1.807, 2.05) is 30.5 Å². The van der Waals surface area contributed by atoms with Crippen LogP contribution < -0.4 is 19.7 Å². The fourth-order valence-electron chi connectivity index (χ4n) is 4.99. The zero-order chi connectivity index (χ0) is 27.9. The Morgan fingerprint density at radius 2 is 1.75 bits per heavy atom. The number of alkyl halides is 3. The summed E-state index contributed by atoms with van der Waals surface area (Å²) in [4.78, 5) is 18.7. The lowest BCUT2D eigenvalue weighted by atomic mass is 10.1. The van der Waals surface area contributed by atoms with Crippen LogP contribution in [0.25, 0.3) is 11.2 Å². The highest BCUT2D eigenvalue weighted by molar-refractivity contribution is 5.84. The molecule has 0 spiro atoms. The molecule has 1 N–H and O–H groups in total. The molecular weight excluding hydrogens is 523 g/mol. The van der Waals surface area contributed by atoms with E-state index in [0.717, 1.165) is 61.9 Å². The smallest absolute Gasteiger partial charge is 0.416 e. The minimum atomic E-state index is -4.40. The maximum atomic E-state index is 13.2. The van der Waals surface area contributed by atoms with Crippen LogP contribution in [-0.2, 0) is 19.3 Å². The fraction of sp³-hybridized carbons (Fsp3) is 0.393. The Kier molecular flexibility index (Phi) is 6.87. The van der Waals surface area contributed by atoms with Crippen molar-refractivity contribution in [3.05, 3.63) is 65.5 Å². The summed E-state index contributed by atoms with van der Waals surface area (Å²) in [5, 5.41) is 3.22. The van der Waals surface area contributed by atoms with E-state index in [9.17, 15) is 13.2 Å². The SMILES string of the molecule is CC(C)n1cnc2c(NCc3cccc(C(F)(F)F)c3)nc(N3CCN(Cc4ccc5c(c4)OCO5)CC3)nc21. The van der Waals surface area contributed by atoms with Crippen molar-refractivity contribution in [3.63, 3.8) is 0 Å². The van der Waals surface area contributed by atoms with Crippen molar-refractivity contribution >= 4 is 22.9 Å². The molecule has 2 aliphatic rings. The van der Waals surface area contributed by atoms with Crippen LogP contribution in [0.4, 0.5) is 24.9 Å². The summed E-state index contributed by atoms with van der Waals surface area (Å²) in [6.45, 7) is 8.45. The second-order valence-electron chi connectivity index (χ2n) is 10.3. The average molecular weight is 554 g/mol. The molecule has 0 bridgehead atoms. The second-order valence-corrected chi connectivity index (χ2v) is 10.3. The molecule has 2 aromatic carbocycles. The third-order valence-electron chi connectivity index (χ3n) is 7.18. The number of hydrogen-bond donors (Lipinski definition) is 1. The standard InChI is InChI=1S/C28H30F3N7O2/c1-18(2)38-16-33-24-25(32-14-19-4-3-5-21(12-19)28(29,30)31)34-27(35-26(24)38)37-10-8-36(9-11-37)15-20-6-7-22-23(13-20)40-17-39-22/h3-7,12-13,16,18H,8-11,14-15,17H2,1-2H3,(H,32,34,35). The van der Waals surface area contributed by atoms with Gasteiger partial charge in [-0.2, -0.15) is 23.1 Å². The molecule has 0 unspecified atom stereocenters. The molecule has 0 saturated carbocycles. The van der Waals surface area contributed by atoms with Crippen LogP contribution in [0.15, 0.2) is 48.8 Å². The third kappa shape index (κ3) is 5.35. The van der Waals surface area contributed by atoms with Crippen LogP contribution in [0.1, 0.15) is 36.6 Å². The molecule has 0 amide bonds. The number of hydrogen-bond acceptors (Lipinski definition) is 8. The van der Waals surface area contributed by atoms with E-state index >= 15 is 0 Å². The first-order chi connectivity index (χ1) is 19.2. The monoisotopic (exact) mass is 553 g/mol. The third-order valence-corrected chi connectivity index (χ3v) is 7.18. The number of imidazole rings is 1. The van der Waals surface area contributed by atoms with E-state index in [1.54, 1.807) is 12.4 Å². The number of nitrogens with zero attached hydrogens (tertiary/aromatic N) is 6. The van der Waals surface area contributed by atoms with Crippen LogP contribution in [0.3, 0.4) is 0 Å². The molecule has 2 aliphatic heterocycles. The van der Waals surface area contributed by atoms with Gasteiger partial charge in [0.05, 0.1) is 11.9 Å². The normalized spacial score (nSPS) is 15.8. The summed E-state index contributed by atoms with van der Waals surface area (Å²) >= 11 is 0. The lowest BCUT2D eigenvalue weighted by Crippen LogP contribution is -2.46. The van der Waals surface area contributed by atoms with Gasteiger partial charge in [-0.1, -0.05) is 18.2 Å². The van der Waals surface area contributed by atoms with E-state index in [1.165, 1.54) is 6.07 Å². The highest BCUT2D eigenvalue weighted by Crippen LogP contribution is 2.33. The fourth-order valence-corrected chi connectivity index (χ4v) is 4.99. The van der Waals surface area contributed by atoms with E-state index in [2.05, 4.69) is 26.2 Å². The van der Waals surface area contributed by atoms with Crippen molar-refractivity contribution in [2.45, 2.75) is 39.2 Å². The van der Waals surface area contributed by atoms with Gasteiger partial charge in [-0.05, 0) is 49.2 Å². The first kappa shape index (κ1) is 26.2. The Morgan fingerprint density at radius 3 is 2.52 bits per heavy atom. The summed E-state index contributed by atoms with van der Waals surface area (Å²) < 4.78 is 52.5. The van der Waals surface area contributed by atoms with E-state index in [0.29, 0.717) is 28.5 Å². The number of piperazine rings is 1. The van der Waals surface area contributed by atoms with Crippen LogP contribution in [0.2, 0.25) is 0 Å². The molecule has 2 aromatic heterocycles. The Labute approximate surface area is 229 Å². The average Bonchev–Trinajstić information content (AvgIpc) is 3.59. The highest BCUT2D eigenvalue weighted by atomic mass is 19.4. The van der Waals surface area contributed by atoms with E-state index in [-0.39, 0.29) is 19.4 Å². The first-order valence-electron chi connectivity index (χ1n) is 13.2. The van der Waals surface area contributed by atoms with Crippen molar-refractivity contribution in [2.24, 2.45) is 0 Å². The molecular formula is C28H30F3N7O2. The van der Waals surface area contributed by atoms with Crippen LogP contribution in [0.5, 0.6) is 11.5 Å². The van der Waals surface area contributed by atoms with Gasteiger partial charge in [0.1, 0.15) is 0 Å². The zero-order valence-electron chi connectivity index (χ0n) is 22.3. The van der Waals surface area contributed by atoms with Crippen LogP contribution in [0, 0.1) is 0 Å². The molecule has 0 atom stereocenters. The number of rotatable bonds is 7. The Balaban J connectivity index is 1.19. The van der Waals surface area contributed by atoms with Crippen molar-refractivity contribution in [3.8, 4) is 11.5 Å². The van der Waals surface area contributed by atoms with Gasteiger partial charge in [0, 0.05) is 45.3 Å². The summed E-state index contributed by atoms with van der Waals surface area (Å²) in [5.74, 6) is 2.63. The molecule has 9 nitrogen and oxygen atoms in total. The van der Waals surface area contributed by atoms with Crippen molar-refractivity contribution < 1.29 is 22.6 Å². The van der Waals surface area contributed by atoms with Gasteiger partial charge in [0.25, 0.3) is 0 Å². The predicted octanol–water partition coefficient (Wildman–Crippen LogP) is 5.09. The first-order valence-corrected chi connectivity index (χ1v) is 13.2. The van der Waals surface area contributed by atoms with E-state index < -0.39 is 11.7 Å². The number of anilines is 2. The molecule has 12 heteroatoms. The number of halogens is 3. The lowest BCUT2D eigenvalue weighted by Gasteiger charge is -2.35. The van der Waals surface area contributed by atoms with Crippen molar-refractivity contribution in [1.29, 1.82) is 0 Å². The van der Waals surface area contributed by atoms with Gasteiger partial charge >= 0.3 is 6.18 Å². The quantitative estimate of drug-likeness (QED) is 0.339. The maximum Gasteiger partial charge on any atom is 0.416 e. The van der Waals surface area contributed by atoms with Gasteiger partial charge in [-0.3, -0.25) is 4.90 Å². The topological polar surface area (TPSA) is 80.6 Å². The van der Waals surface area contributed by atoms with Gasteiger partial charge in [0.15, 0.2) is 28.5 Å². The highest BCUT2D eigenvalue weighted by Gasteiger charge is 2.30. The number of fused-ring (bicyclic) bond motifs is 2. The van der Waals surface area contributed by atoms with Gasteiger partial charge in [-0.25, -0.2) is 4.98 Å². The minimum absolute atomic E-state index is 0.127. The maximum absolute atomic E-state index is 13.2. The van der Waals surface area contributed by atoms with Gasteiger partial charge in [0.2, 0.25) is 12.7 Å². The summed E-state index contributed by atoms with van der Waals surface area (Å²) in [6, 6.07) is 11.5. The van der Waals surface area contributed by atoms with Crippen molar-refractivity contribution in [1.82, 2.24) is 24.4 Å². The molecule has 210 valence electrons. The summed E-state index contributed by atoms with van der Waals surface area (Å²) in [6.07, 6.45) is -2.67. The molecule has 0 aliphatic carbocycles. The molecule has 1 fully saturated rings. The largest absolute Gasteiger partial charge is 0.454 e. The Morgan fingerprint density at radius 1 is 0.950 bits per heavy atom. The Hall–Kier alpha value is -4.06. The zero-order valence-corrected chi connectivity index (χ0v) is 22.3. The van der Waals surface area contributed by atoms with Gasteiger partial charge in [-0.15, -0.1) is 0 Å². The Bertz CT molecular complexity index is 1510. The van der Waals surface area contributed by atoms with Crippen LogP contribution >= 0.6 is 0 Å². The molecule has 1 saturated heterocycles. The molecule has 6 rings (SSSR count). The summed E-state index contributed by atoms with van der Waals surface area (Å²) in [7, 11) is 0. The van der Waals surface area contributed by atoms with Crippen molar-refractivity contribution in [2.75, 3.05) is 43.2 Å². The second kappa shape index (κ2) is 10.5. The van der Waals surface area contributed by atoms with E-state index in [4.69, 9.17) is 19.4 Å². The summed E-state index contributed by atoms with van der Waals surface area (Å²) in [5.41, 5.74) is 2.27. The molecule has 4 aromatic rings. The van der Waals surface area contributed by atoms with Crippen LogP contribution in [-0.4, -0.2) is 57.4 Å². The molecule has 0 radical (unpaired) electrons. The predicted molar refractivity (Wildman–Crippen MR) is 145 cm³/mol. The minimum Gasteiger partial charge on any atom is -0.454 e. The number of benzene rings is 2. The number of ether oxygens (including phenoxy) is 2. The molecule has 40 heavy (non-hydrogen) atoms. The molecule has 4 heterocycles. The lowest BCUT2D eigenvalue weighted by molar-refractivity contribution is -0.137. The van der Waals surface area contributed by atoms with Gasteiger partial charge < -0.3 is 24.3 Å².